The van der Waals surface area contributed by atoms with Crippen LogP contribution in [-0.2, 0) is 11.3 Å². The molecule has 1 saturated heterocycles. The highest BCUT2D eigenvalue weighted by atomic mass is 32.1. The third-order valence-corrected chi connectivity index (χ3v) is 4.19. The van der Waals surface area contributed by atoms with Crippen LogP contribution in [0.1, 0.15) is 18.4 Å². The number of ether oxygens (including phenoxy) is 1. The first kappa shape index (κ1) is 14.9. The third kappa shape index (κ3) is 4.02. The SMILES string of the molecule is O=C(Nc1nccs1)N(Cc1ccncc1)C[C@H]1CCCO1. The molecule has 22 heavy (non-hydrogen) atoms. The van der Waals surface area contributed by atoms with Gasteiger partial charge in [-0.3, -0.25) is 10.3 Å². The number of nitrogens with one attached hydrogen (secondary N) is 1. The van der Waals surface area contributed by atoms with E-state index in [-0.39, 0.29) is 12.1 Å². The van der Waals surface area contributed by atoms with Crippen molar-refractivity contribution < 1.29 is 9.53 Å². The van der Waals surface area contributed by atoms with E-state index in [2.05, 4.69) is 15.3 Å². The Kier molecular flexibility index (Phi) is 4.97. The molecular formula is C15H18N4O2S. The number of aromatic nitrogens is 2. The van der Waals surface area contributed by atoms with Crippen LogP contribution in [0.5, 0.6) is 0 Å². The van der Waals surface area contributed by atoms with Gasteiger partial charge in [-0.05, 0) is 30.5 Å². The number of carbonyl (C=O) groups excluding carboxylic acids is 1. The first-order chi connectivity index (χ1) is 10.8. The van der Waals surface area contributed by atoms with E-state index < -0.39 is 0 Å². The van der Waals surface area contributed by atoms with Crippen molar-refractivity contribution in [1.29, 1.82) is 0 Å². The highest BCUT2D eigenvalue weighted by molar-refractivity contribution is 7.13. The molecule has 1 aliphatic rings. The number of nitrogens with zero attached hydrogens (tertiary/aromatic N) is 3. The second-order valence-electron chi connectivity index (χ2n) is 5.14. The molecule has 2 aromatic heterocycles. The molecule has 0 aromatic carbocycles. The number of urea groups is 1. The van der Waals surface area contributed by atoms with E-state index in [1.807, 2.05) is 17.5 Å². The van der Waals surface area contributed by atoms with E-state index in [1.54, 1.807) is 23.5 Å². The van der Waals surface area contributed by atoms with Gasteiger partial charge in [-0.2, -0.15) is 0 Å². The molecule has 0 saturated carbocycles. The molecule has 1 fully saturated rings. The smallest absolute Gasteiger partial charge is 0.324 e. The Bertz CT molecular complexity index is 585. The van der Waals surface area contributed by atoms with Crippen LogP contribution in [0.15, 0.2) is 36.1 Å². The van der Waals surface area contributed by atoms with Crippen LogP contribution in [0.25, 0.3) is 0 Å². The monoisotopic (exact) mass is 318 g/mol. The normalized spacial score (nSPS) is 17.4. The zero-order valence-electron chi connectivity index (χ0n) is 12.1. The lowest BCUT2D eigenvalue weighted by molar-refractivity contribution is 0.0819. The maximum Gasteiger partial charge on any atom is 0.324 e. The van der Waals surface area contributed by atoms with Gasteiger partial charge in [-0.25, -0.2) is 9.78 Å². The first-order valence-electron chi connectivity index (χ1n) is 7.27. The van der Waals surface area contributed by atoms with E-state index in [1.165, 1.54) is 11.3 Å². The van der Waals surface area contributed by atoms with E-state index in [0.717, 1.165) is 25.0 Å². The molecule has 7 heteroatoms. The van der Waals surface area contributed by atoms with Gasteiger partial charge in [-0.15, -0.1) is 11.3 Å². The fraction of sp³-hybridized carbons (Fsp3) is 0.400. The summed E-state index contributed by atoms with van der Waals surface area (Å²) in [6.07, 6.45) is 7.31. The van der Waals surface area contributed by atoms with Gasteiger partial charge >= 0.3 is 6.03 Å². The summed E-state index contributed by atoms with van der Waals surface area (Å²) in [5, 5.41) is 5.28. The van der Waals surface area contributed by atoms with Gasteiger partial charge in [0.15, 0.2) is 5.13 Å². The maximum absolute atomic E-state index is 12.5. The number of hydrogen-bond acceptors (Lipinski definition) is 5. The highest BCUT2D eigenvalue weighted by Crippen LogP contribution is 2.17. The molecule has 2 aromatic rings. The van der Waals surface area contributed by atoms with Crippen LogP contribution in [0.2, 0.25) is 0 Å². The molecule has 1 N–H and O–H groups in total. The van der Waals surface area contributed by atoms with Gasteiger partial charge in [0.2, 0.25) is 0 Å². The van der Waals surface area contributed by atoms with Crippen molar-refractivity contribution in [3.8, 4) is 0 Å². The average molecular weight is 318 g/mol. The molecule has 1 atom stereocenters. The van der Waals surface area contributed by atoms with Crippen molar-refractivity contribution in [3.63, 3.8) is 0 Å². The van der Waals surface area contributed by atoms with Crippen LogP contribution < -0.4 is 5.32 Å². The topological polar surface area (TPSA) is 67.4 Å². The average Bonchev–Trinajstić information content (AvgIpc) is 3.21. The van der Waals surface area contributed by atoms with Gasteiger partial charge in [0.25, 0.3) is 0 Å². The predicted octanol–water partition coefficient (Wildman–Crippen LogP) is 2.75. The molecule has 0 unspecified atom stereocenters. The number of thiazole rings is 1. The standard InChI is InChI=1S/C15H18N4O2S/c20-15(18-14-17-7-9-22-14)19(11-13-2-1-8-21-13)10-12-3-5-16-6-4-12/h3-7,9,13H,1-2,8,10-11H2,(H,17,18,20)/t13-/m1/s1. The number of hydrogen-bond donors (Lipinski definition) is 1. The molecule has 3 heterocycles. The lowest BCUT2D eigenvalue weighted by Gasteiger charge is -2.25. The number of pyridine rings is 1. The second-order valence-corrected chi connectivity index (χ2v) is 6.03. The lowest BCUT2D eigenvalue weighted by atomic mass is 10.2. The van der Waals surface area contributed by atoms with E-state index >= 15 is 0 Å². The van der Waals surface area contributed by atoms with Crippen LogP contribution in [0, 0.1) is 0 Å². The van der Waals surface area contributed by atoms with Crippen molar-refractivity contribution in [2.24, 2.45) is 0 Å². The minimum atomic E-state index is -0.151. The Morgan fingerprint density at radius 1 is 1.41 bits per heavy atom. The summed E-state index contributed by atoms with van der Waals surface area (Å²) in [7, 11) is 0. The van der Waals surface area contributed by atoms with Crippen molar-refractivity contribution in [2.45, 2.75) is 25.5 Å². The van der Waals surface area contributed by atoms with Crippen molar-refractivity contribution in [1.82, 2.24) is 14.9 Å². The van der Waals surface area contributed by atoms with Crippen molar-refractivity contribution >= 4 is 22.5 Å². The molecule has 0 aliphatic carbocycles. The minimum Gasteiger partial charge on any atom is -0.376 e. The first-order valence-corrected chi connectivity index (χ1v) is 8.15. The third-order valence-electron chi connectivity index (χ3n) is 3.50. The second kappa shape index (κ2) is 7.33. The zero-order valence-corrected chi connectivity index (χ0v) is 13.0. The minimum absolute atomic E-state index is 0.115. The van der Waals surface area contributed by atoms with Crippen molar-refractivity contribution in [2.75, 3.05) is 18.5 Å². The van der Waals surface area contributed by atoms with Gasteiger partial charge in [-0.1, -0.05) is 0 Å². The Balaban J connectivity index is 1.68. The Morgan fingerprint density at radius 2 is 2.27 bits per heavy atom. The summed E-state index contributed by atoms with van der Waals surface area (Å²) in [5.41, 5.74) is 1.04. The maximum atomic E-state index is 12.5. The zero-order chi connectivity index (χ0) is 15.2. The largest absolute Gasteiger partial charge is 0.376 e. The van der Waals surface area contributed by atoms with E-state index in [4.69, 9.17) is 4.74 Å². The molecule has 6 nitrogen and oxygen atoms in total. The molecule has 3 rings (SSSR count). The molecule has 116 valence electrons. The summed E-state index contributed by atoms with van der Waals surface area (Å²) < 4.78 is 5.66. The van der Waals surface area contributed by atoms with Crippen LogP contribution in [-0.4, -0.2) is 40.2 Å². The van der Waals surface area contributed by atoms with Crippen LogP contribution in [0.4, 0.5) is 9.93 Å². The van der Waals surface area contributed by atoms with Crippen LogP contribution in [0.3, 0.4) is 0 Å². The molecule has 0 radical (unpaired) electrons. The summed E-state index contributed by atoms with van der Waals surface area (Å²) >= 11 is 1.41. The van der Waals surface area contributed by atoms with Gasteiger partial charge in [0.1, 0.15) is 0 Å². The van der Waals surface area contributed by atoms with Gasteiger partial charge in [0.05, 0.1) is 6.10 Å². The summed E-state index contributed by atoms with van der Waals surface area (Å²) in [6.45, 7) is 1.89. The Labute approximate surface area is 133 Å². The summed E-state index contributed by atoms with van der Waals surface area (Å²) in [5.74, 6) is 0. The summed E-state index contributed by atoms with van der Waals surface area (Å²) in [4.78, 5) is 22.4. The predicted molar refractivity (Wildman–Crippen MR) is 84.8 cm³/mol. The fourth-order valence-electron chi connectivity index (χ4n) is 2.42. The summed E-state index contributed by atoms with van der Waals surface area (Å²) in [6, 6.07) is 3.68. The number of amides is 2. The fourth-order valence-corrected chi connectivity index (χ4v) is 2.94. The quantitative estimate of drug-likeness (QED) is 0.920. The Morgan fingerprint density at radius 3 is 2.95 bits per heavy atom. The van der Waals surface area contributed by atoms with E-state index in [9.17, 15) is 4.79 Å². The highest BCUT2D eigenvalue weighted by Gasteiger charge is 2.23. The number of carbonyl (C=O) groups is 1. The van der Waals surface area contributed by atoms with Crippen molar-refractivity contribution in [3.05, 3.63) is 41.7 Å². The Hall–Kier alpha value is -1.99. The number of anilines is 1. The van der Waals surface area contributed by atoms with Crippen LogP contribution >= 0.6 is 11.3 Å². The molecule has 2 amide bonds. The van der Waals surface area contributed by atoms with Gasteiger partial charge < -0.3 is 9.64 Å². The molecular weight excluding hydrogens is 300 g/mol. The molecule has 0 spiro atoms. The number of rotatable bonds is 5. The lowest BCUT2D eigenvalue weighted by Crippen LogP contribution is -2.39. The van der Waals surface area contributed by atoms with Gasteiger partial charge in [0, 0.05) is 43.7 Å². The molecule has 0 bridgehead atoms. The molecule has 1 aliphatic heterocycles. The van der Waals surface area contributed by atoms with E-state index in [0.29, 0.717) is 18.2 Å².